The second kappa shape index (κ2) is 7.02. The first-order valence-corrected chi connectivity index (χ1v) is 7.27. The van der Waals surface area contributed by atoms with Crippen LogP contribution in [0.3, 0.4) is 0 Å². The normalized spacial score (nSPS) is 12.8. The van der Waals surface area contributed by atoms with Crippen LogP contribution in [0.1, 0.15) is 36.6 Å². The second-order valence-electron chi connectivity index (χ2n) is 4.78. The minimum atomic E-state index is 0.182. The average molecular weight is 268 g/mol. The smallest absolute Gasteiger partial charge is 0.122 e. The molecule has 0 heterocycles. The molecule has 0 aliphatic carbocycles. The van der Waals surface area contributed by atoms with Gasteiger partial charge in [-0.2, -0.15) is 11.8 Å². The van der Waals surface area contributed by atoms with Crippen LogP contribution in [0, 0.1) is 13.8 Å². The van der Waals surface area contributed by atoms with E-state index in [9.17, 15) is 0 Å². The van der Waals surface area contributed by atoms with Gasteiger partial charge in [0.05, 0.1) is 13.2 Å². The Kier molecular flexibility index (Phi) is 5.99. The Hall–Kier alpha value is -0.710. The summed E-state index contributed by atoms with van der Waals surface area (Å²) in [4.78, 5) is 0. The van der Waals surface area contributed by atoms with Crippen LogP contribution in [0.4, 0.5) is 0 Å². The van der Waals surface area contributed by atoms with Crippen molar-refractivity contribution in [3.63, 3.8) is 0 Å². The quantitative estimate of drug-likeness (QED) is 0.615. The molecule has 0 radical (unpaired) electrons. The Balaban J connectivity index is 2.95. The van der Waals surface area contributed by atoms with Gasteiger partial charge in [0.2, 0.25) is 0 Å². The lowest BCUT2D eigenvalue weighted by Gasteiger charge is -2.21. The van der Waals surface area contributed by atoms with Crippen molar-refractivity contribution in [3.8, 4) is 5.75 Å². The summed E-state index contributed by atoms with van der Waals surface area (Å²) >= 11 is 1.91. The van der Waals surface area contributed by atoms with Crippen molar-refractivity contribution in [2.75, 3.05) is 12.9 Å². The van der Waals surface area contributed by atoms with Gasteiger partial charge < -0.3 is 4.74 Å². The maximum Gasteiger partial charge on any atom is 0.122 e. The van der Waals surface area contributed by atoms with E-state index >= 15 is 0 Å². The summed E-state index contributed by atoms with van der Waals surface area (Å²) in [6.45, 7) is 8.56. The first-order chi connectivity index (χ1) is 8.49. The van der Waals surface area contributed by atoms with Crippen LogP contribution < -0.4 is 16.0 Å². The van der Waals surface area contributed by atoms with Crippen molar-refractivity contribution in [2.45, 2.75) is 39.0 Å². The van der Waals surface area contributed by atoms with E-state index in [2.05, 4.69) is 45.3 Å². The van der Waals surface area contributed by atoms with Gasteiger partial charge in [0.25, 0.3) is 0 Å². The molecule has 0 amide bonds. The lowest BCUT2D eigenvalue weighted by molar-refractivity contribution is 0.411. The van der Waals surface area contributed by atoms with Crippen molar-refractivity contribution in [1.82, 2.24) is 5.43 Å². The molecule has 3 N–H and O–H groups in total. The van der Waals surface area contributed by atoms with Crippen LogP contribution in [0.15, 0.2) is 12.1 Å². The predicted octanol–water partition coefficient (Wildman–Crippen LogP) is 2.96. The Morgan fingerprint density at radius 3 is 2.44 bits per heavy atom. The third kappa shape index (κ3) is 3.90. The summed E-state index contributed by atoms with van der Waals surface area (Å²) in [7, 11) is 1.70. The Morgan fingerprint density at radius 1 is 1.28 bits per heavy atom. The summed E-state index contributed by atoms with van der Waals surface area (Å²) in [6.07, 6.45) is 0. The van der Waals surface area contributed by atoms with Crippen molar-refractivity contribution in [2.24, 2.45) is 5.84 Å². The van der Waals surface area contributed by atoms with Crippen molar-refractivity contribution in [3.05, 3.63) is 28.8 Å². The van der Waals surface area contributed by atoms with E-state index in [0.717, 1.165) is 17.1 Å². The molecule has 0 spiro atoms. The number of nitrogens with two attached hydrogens (primary N) is 1. The number of nitrogens with one attached hydrogen (secondary N) is 1. The van der Waals surface area contributed by atoms with Gasteiger partial charge in [0, 0.05) is 5.75 Å². The number of hydrogen-bond acceptors (Lipinski definition) is 4. The topological polar surface area (TPSA) is 47.3 Å². The van der Waals surface area contributed by atoms with Gasteiger partial charge in [-0.3, -0.25) is 11.3 Å². The van der Waals surface area contributed by atoms with Gasteiger partial charge in [-0.25, -0.2) is 0 Å². The van der Waals surface area contributed by atoms with Crippen LogP contribution in [0.25, 0.3) is 0 Å². The monoisotopic (exact) mass is 268 g/mol. The number of rotatable bonds is 6. The second-order valence-corrected chi connectivity index (χ2v) is 6.39. The molecule has 1 rings (SSSR count). The van der Waals surface area contributed by atoms with Gasteiger partial charge in [0.15, 0.2) is 0 Å². The van der Waals surface area contributed by atoms with E-state index in [1.807, 2.05) is 11.8 Å². The standard InChI is InChI=1S/C14H24N2OS/c1-9(2)18-8-13(16-15)12-6-11(4)14(17-5)7-10(12)3/h6-7,9,13,16H,8,15H2,1-5H3. The van der Waals surface area contributed by atoms with Crippen LogP contribution >= 0.6 is 11.8 Å². The van der Waals surface area contributed by atoms with Gasteiger partial charge in [0.1, 0.15) is 5.75 Å². The Bertz CT molecular complexity index is 394. The van der Waals surface area contributed by atoms with Crippen molar-refractivity contribution in [1.29, 1.82) is 0 Å². The minimum absolute atomic E-state index is 0.182. The van der Waals surface area contributed by atoms with Crippen LogP contribution in [0.5, 0.6) is 5.75 Å². The molecule has 0 bridgehead atoms. The molecule has 4 heteroatoms. The van der Waals surface area contributed by atoms with Crippen LogP contribution in [-0.4, -0.2) is 18.1 Å². The Labute approximate surface area is 114 Å². The zero-order chi connectivity index (χ0) is 13.7. The molecule has 0 saturated heterocycles. The number of hydrazine groups is 1. The maximum atomic E-state index is 5.69. The van der Waals surface area contributed by atoms with Crippen LogP contribution in [-0.2, 0) is 0 Å². The fraction of sp³-hybridized carbons (Fsp3) is 0.571. The van der Waals surface area contributed by atoms with Crippen LogP contribution in [0.2, 0.25) is 0 Å². The largest absolute Gasteiger partial charge is 0.496 e. The molecule has 0 aliphatic rings. The third-order valence-electron chi connectivity index (χ3n) is 2.96. The summed E-state index contributed by atoms with van der Waals surface area (Å²) in [5, 5.41) is 0.612. The molecule has 1 unspecified atom stereocenters. The fourth-order valence-electron chi connectivity index (χ4n) is 1.92. The molecule has 0 aliphatic heterocycles. The number of ether oxygens (including phenoxy) is 1. The van der Waals surface area contributed by atoms with E-state index in [-0.39, 0.29) is 6.04 Å². The van der Waals surface area contributed by atoms with E-state index in [1.54, 1.807) is 7.11 Å². The molecule has 1 atom stereocenters. The molecule has 18 heavy (non-hydrogen) atoms. The number of aryl methyl sites for hydroxylation is 2. The number of hydrogen-bond donors (Lipinski definition) is 2. The molecule has 1 aromatic carbocycles. The Morgan fingerprint density at radius 2 is 1.94 bits per heavy atom. The lowest BCUT2D eigenvalue weighted by Crippen LogP contribution is -2.30. The SMILES string of the molecule is COc1cc(C)c(C(CSC(C)C)NN)cc1C. The van der Waals surface area contributed by atoms with Gasteiger partial charge in [-0.1, -0.05) is 19.9 Å². The molecule has 0 fully saturated rings. The summed E-state index contributed by atoms with van der Waals surface area (Å²) in [5.41, 5.74) is 6.53. The number of methoxy groups -OCH3 is 1. The first-order valence-electron chi connectivity index (χ1n) is 6.22. The molecule has 1 aromatic rings. The zero-order valence-corrected chi connectivity index (χ0v) is 12.7. The number of benzene rings is 1. The average Bonchev–Trinajstić information content (AvgIpc) is 2.33. The van der Waals surface area contributed by atoms with E-state index in [4.69, 9.17) is 10.6 Å². The van der Waals surface area contributed by atoms with E-state index in [1.165, 1.54) is 11.1 Å². The summed E-state index contributed by atoms with van der Waals surface area (Å²) in [5.74, 6) is 7.59. The van der Waals surface area contributed by atoms with Crippen molar-refractivity contribution < 1.29 is 4.74 Å². The highest BCUT2D eigenvalue weighted by Crippen LogP contribution is 2.28. The van der Waals surface area contributed by atoms with Gasteiger partial charge in [-0.05, 0) is 41.9 Å². The third-order valence-corrected chi connectivity index (χ3v) is 4.15. The molecular formula is C14H24N2OS. The van der Waals surface area contributed by atoms with Gasteiger partial charge >= 0.3 is 0 Å². The molecule has 102 valence electrons. The molecular weight excluding hydrogens is 244 g/mol. The zero-order valence-electron chi connectivity index (χ0n) is 11.9. The highest BCUT2D eigenvalue weighted by atomic mass is 32.2. The van der Waals surface area contributed by atoms with Crippen molar-refractivity contribution >= 4 is 11.8 Å². The van der Waals surface area contributed by atoms with Gasteiger partial charge in [-0.15, -0.1) is 0 Å². The fourth-order valence-corrected chi connectivity index (χ4v) is 2.78. The lowest BCUT2D eigenvalue weighted by atomic mass is 9.99. The first kappa shape index (κ1) is 15.3. The predicted molar refractivity (Wildman–Crippen MR) is 80.1 cm³/mol. The highest BCUT2D eigenvalue weighted by Gasteiger charge is 2.15. The molecule has 3 nitrogen and oxygen atoms in total. The maximum absolute atomic E-state index is 5.69. The van der Waals surface area contributed by atoms with E-state index < -0.39 is 0 Å². The number of thioether (sulfide) groups is 1. The minimum Gasteiger partial charge on any atom is -0.496 e. The summed E-state index contributed by atoms with van der Waals surface area (Å²) in [6, 6.07) is 4.43. The summed E-state index contributed by atoms with van der Waals surface area (Å²) < 4.78 is 5.34. The van der Waals surface area contributed by atoms with E-state index in [0.29, 0.717) is 5.25 Å². The molecule has 0 saturated carbocycles. The molecule has 0 aromatic heterocycles. The highest BCUT2D eigenvalue weighted by molar-refractivity contribution is 7.99.